The van der Waals surface area contributed by atoms with Crippen molar-refractivity contribution in [1.29, 1.82) is 0 Å². The van der Waals surface area contributed by atoms with Gasteiger partial charge in [-0.15, -0.1) is 0 Å². The monoisotopic (exact) mass is 1210 g/mol. The Kier molecular flexibility index (Phi) is 64.7. The highest BCUT2D eigenvalue weighted by Crippen LogP contribution is 2.43. The molecule has 2 atom stereocenters. The summed E-state index contributed by atoms with van der Waals surface area (Å²) < 4.78 is 34.8. The van der Waals surface area contributed by atoms with Crippen LogP contribution in [0.1, 0.15) is 386 Å². The number of hydrogen-bond acceptors (Lipinski definition) is 7. The van der Waals surface area contributed by atoms with Gasteiger partial charge in [-0.25, -0.2) is 4.57 Å². The molecule has 0 saturated carbocycles. The molecule has 9 nitrogen and oxygen atoms in total. The number of unbranched alkanes of at least 4 members (excludes halogenated alkanes) is 52. The number of esters is 2. The summed E-state index contributed by atoms with van der Waals surface area (Å²) in [5, 5.41) is 0. The van der Waals surface area contributed by atoms with Crippen molar-refractivity contribution in [3.63, 3.8) is 0 Å². The van der Waals surface area contributed by atoms with Crippen LogP contribution >= 0.6 is 7.82 Å². The second-order valence-electron chi connectivity index (χ2n) is 26.7. The van der Waals surface area contributed by atoms with Crippen molar-refractivity contribution in [3.8, 4) is 0 Å². The Morgan fingerprint density at radius 1 is 0.369 bits per heavy atom. The van der Waals surface area contributed by atoms with E-state index in [0.717, 1.165) is 44.9 Å². The Morgan fingerprint density at radius 3 is 0.940 bits per heavy atom. The number of carbonyl (C=O) groups excluding carboxylic acids is 2. The molecule has 0 heterocycles. The maximum Gasteiger partial charge on any atom is 0.472 e. The van der Waals surface area contributed by atoms with E-state index in [9.17, 15) is 19.0 Å². The molecule has 0 rings (SSSR count). The highest BCUT2D eigenvalue weighted by molar-refractivity contribution is 7.47. The van der Waals surface area contributed by atoms with Gasteiger partial charge in [-0.2, -0.15) is 0 Å². The van der Waals surface area contributed by atoms with Crippen molar-refractivity contribution in [2.45, 2.75) is 392 Å². The van der Waals surface area contributed by atoms with E-state index in [1.54, 1.807) is 0 Å². The second-order valence-corrected chi connectivity index (χ2v) is 28.1. The molecule has 0 aromatic heterocycles. The quantitative estimate of drug-likeness (QED) is 0.0211. The Morgan fingerprint density at radius 2 is 0.643 bits per heavy atom. The summed E-state index contributed by atoms with van der Waals surface area (Å²) in [7, 11) is 1.50. The van der Waals surface area contributed by atoms with Crippen LogP contribution in [0.15, 0.2) is 24.3 Å². The second kappa shape index (κ2) is 65.9. The van der Waals surface area contributed by atoms with Crippen LogP contribution in [0, 0.1) is 0 Å². The van der Waals surface area contributed by atoms with E-state index in [4.69, 9.17) is 18.5 Å². The molecule has 2 unspecified atom stereocenters. The molecule has 0 aliphatic carbocycles. The topological polar surface area (TPSA) is 108 Å². The SMILES string of the molecule is CCCCCCC/C=C\C/C=C\CCCCCCCCCCCCCCCCCCCCCCCC(=O)OC(COC(=O)CCCCCCCCCCCCCCCCCCCCCCCCCCCCC)COP(=O)(O)OCC[N+](C)(C)C. The molecule has 0 radical (unpaired) electrons. The summed E-state index contributed by atoms with van der Waals surface area (Å²) in [6.07, 6.45) is 83.0. The first-order chi connectivity index (χ1) is 41.0. The van der Waals surface area contributed by atoms with E-state index in [0.29, 0.717) is 17.4 Å². The molecule has 84 heavy (non-hydrogen) atoms. The van der Waals surface area contributed by atoms with Crippen molar-refractivity contribution >= 4 is 19.8 Å². The fraction of sp³-hybridized carbons (Fsp3) is 0.919. The zero-order chi connectivity index (χ0) is 61.2. The molecule has 498 valence electrons. The molecule has 0 amide bonds. The zero-order valence-electron chi connectivity index (χ0n) is 56.9. The number of phosphoric ester groups is 1. The molecule has 0 fully saturated rings. The number of quaternary nitrogens is 1. The fourth-order valence-electron chi connectivity index (χ4n) is 11.3. The van der Waals surface area contributed by atoms with Gasteiger partial charge in [-0.1, -0.05) is 353 Å². The Balaban J connectivity index is 3.95. The first kappa shape index (κ1) is 82.5. The summed E-state index contributed by atoms with van der Waals surface area (Å²) >= 11 is 0. The van der Waals surface area contributed by atoms with Gasteiger partial charge in [0, 0.05) is 12.8 Å². The van der Waals surface area contributed by atoms with Gasteiger partial charge < -0.3 is 18.9 Å². The van der Waals surface area contributed by atoms with Gasteiger partial charge in [-0.3, -0.25) is 18.6 Å². The van der Waals surface area contributed by atoms with Crippen molar-refractivity contribution in [2.24, 2.45) is 0 Å². The fourth-order valence-corrected chi connectivity index (χ4v) is 12.0. The zero-order valence-corrected chi connectivity index (χ0v) is 57.8. The summed E-state index contributed by atoms with van der Waals surface area (Å²) in [6.45, 7) is 4.51. The number of carbonyl (C=O) groups is 2. The van der Waals surface area contributed by atoms with Gasteiger partial charge in [0.2, 0.25) is 0 Å². The highest BCUT2D eigenvalue weighted by atomic mass is 31.2. The van der Waals surface area contributed by atoms with Crippen LogP contribution in [0.2, 0.25) is 0 Å². The van der Waals surface area contributed by atoms with Gasteiger partial charge in [0.05, 0.1) is 27.7 Å². The largest absolute Gasteiger partial charge is 0.472 e. The van der Waals surface area contributed by atoms with Crippen molar-refractivity contribution in [1.82, 2.24) is 0 Å². The van der Waals surface area contributed by atoms with Crippen LogP contribution in [0.25, 0.3) is 0 Å². The lowest BCUT2D eigenvalue weighted by Gasteiger charge is -2.24. The highest BCUT2D eigenvalue weighted by Gasteiger charge is 2.27. The third kappa shape index (κ3) is 69.6. The first-order valence-electron chi connectivity index (χ1n) is 37.1. The molecule has 0 aromatic carbocycles. The molecule has 0 aliphatic heterocycles. The number of allylic oxidation sites excluding steroid dienone is 4. The van der Waals surface area contributed by atoms with Gasteiger partial charge in [0.15, 0.2) is 6.10 Å². The Hall–Kier alpha value is -1.51. The van der Waals surface area contributed by atoms with E-state index in [1.165, 1.54) is 315 Å². The molecular weight excluding hydrogens is 1060 g/mol. The van der Waals surface area contributed by atoms with Crippen LogP contribution in [0.4, 0.5) is 0 Å². The van der Waals surface area contributed by atoms with Crippen LogP contribution in [0.3, 0.4) is 0 Å². The number of phosphoric acid groups is 1. The minimum Gasteiger partial charge on any atom is -0.462 e. The molecule has 0 bridgehead atoms. The van der Waals surface area contributed by atoms with Gasteiger partial charge in [0.25, 0.3) is 0 Å². The van der Waals surface area contributed by atoms with Crippen molar-refractivity contribution < 1.29 is 42.1 Å². The predicted octanol–water partition coefficient (Wildman–Crippen LogP) is 24.1. The summed E-state index contributed by atoms with van der Waals surface area (Å²) in [5.41, 5.74) is 0. The number of nitrogens with zero attached hydrogens (tertiary/aromatic N) is 1. The molecule has 10 heteroatoms. The van der Waals surface area contributed by atoms with Crippen LogP contribution < -0.4 is 0 Å². The summed E-state index contributed by atoms with van der Waals surface area (Å²) in [6, 6.07) is 0. The van der Waals surface area contributed by atoms with E-state index >= 15 is 0 Å². The minimum atomic E-state index is -4.39. The maximum atomic E-state index is 12.9. The lowest BCUT2D eigenvalue weighted by Crippen LogP contribution is -2.37. The van der Waals surface area contributed by atoms with Crippen molar-refractivity contribution in [3.05, 3.63) is 24.3 Å². The number of ether oxygens (including phenoxy) is 2. The number of likely N-dealkylation sites (N-methyl/N-ethyl adjacent to an activating group) is 1. The van der Waals surface area contributed by atoms with E-state index in [-0.39, 0.29) is 25.6 Å². The minimum absolute atomic E-state index is 0.0361. The first-order valence-corrected chi connectivity index (χ1v) is 38.6. The smallest absolute Gasteiger partial charge is 0.462 e. The molecule has 0 aromatic rings. The predicted molar refractivity (Wildman–Crippen MR) is 363 cm³/mol. The van der Waals surface area contributed by atoms with E-state index < -0.39 is 26.5 Å². The van der Waals surface area contributed by atoms with Crippen molar-refractivity contribution in [2.75, 3.05) is 47.5 Å². The molecular formula is C74H145NO8P+. The van der Waals surface area contributed by atoms with E-state index in [1.807, 2.05) is 21.1 Å². The lowest BCUT2D eigenvalue weighted by molar-refractivity contribution is -0.870. The number of rotatable bonds is 70. The third-order valence-electron chi connectivity index (χ3n) is 17.0. The standard InChI is InChI=1S/C74H144NO8P/c1-6-8-10-12-14-16-18-20-22-24-26-28-30-32-34-35-36-37-38-39-41-43-45-47-49-51-53-55-57-59-61-63-65-67-74(77)83-72(71-82-84(78,79)81-69-68-75(3,4)5)70-80-73(76)66-64-62-60-58-56-54-52-50-48-46-44-42-40-33-31-29-27-25-23-21-19-17-15-13-11-9-7-2/h18,20,24,26,72H,6-17,19,21-23,25,27-71H2,1-5H3/p+1/b20-18-,26-24-. The normalized spacial score (nSPS) is 13.2. The van der Waals surface area contributed by atoms with E-state index in [2.05, 4.69) is 38.2 Å². The average molecular weight is 1210 g/mol. The van der Waals surface area contributed by atoms with Gasteiger partial charge >= 0.3 is 19.8 Å². The molecule has 0 saturated heterocycles. The lowest BCUT2D eigenvalue weighted by atomic mass is 10.0. The molecule has 0 aliphatic rings. The Bertz CT molecular complexity index is 1460. The maximum absolute atomic E-state index is 12.9. The summed E-state index contributed by atoms with van der Waals surface area (Å²) in [4.78, 5) is 35.9. The molecule has 1 N–H and O–H groups in total. The number of hydrogen-bond donors (Lipinski definition) is 1. The van der Waals surface area contributed by atoms with Crippen LogP contribution in [-0.4, -0.2) is 74.9 Å². The van der Waals surface area contributed by atoms with Gasteiger partial charge in [-0.05, 0) is 44.9 Å². The van der Waals surface area contributed by atoms with Crippen LogP contribution in [0.5, 0.6) is 0 Å². The van der Waals surface area contributed by atoms with Gasteiger partial charge in [0.1, 0.15) is 19.8 Å². The Labute approximate surface area is 523 Å². The average Bonchev–Trinajstić information content (AvgIpc) is 3.61. The van der Waals surface area contributed by atoms with Crippen LogP contribution in [-0.2, 0) is 32.7 Å². The summed E-state index contributed by atoms with van der Waals surface area (Å²) in [5.74, 6) is -0.770. The third-order valence-corrected chi connectivity index (χ3v) is 18.0. The molecule has 0 spiro atoms.